The van der Waals surface area contributed by atoms with Crippen molar-refractivity contribution in [2.24, 2.45) is 5.92 Å². The predicted molar refractivity (Wildman–Crippen MR) is 110 cm³/mol. The van der Waals surface area contributed by atoms with Crippen molar-refractivity contribution in [3.8, 4) is 0 Å². The van der Waals surface area contributed by atoms with Crippen molar-refractivity contribution in [3.63, 3.8) is 0 Å². The summed E-state index contributed by atoms with van der Waals surface area (Å²) < 4.78 is 2.30. The van der Waals surface area contributed by atoms with Crippen LogP contribution in [0.2, 0.25) is 0 Å². The lowest BCUT2D eigenvalue weighted by atomic mass is 9.90. The number of hydrogen-bond acceptors (Lipinski definition) is 3. The summed E-state index contributed by atoms with van der Waals surface area (Å²) in [6, 6.07) is 2.20. The molecule has 0 aromatic carbocycles. The van der Waals surface area contributed by atoms with E-state index >= 15 is 0 Å². The van der Waals surface area contributed by atoms with E-state index in [1.54, 1.807) is 11.3 Å². The zero-order valence-corrected chi connectivity index (χ0v) is 16.7. The van der Waals surface area contributed by atoms with Gasteiger partial charge in [0.25, 0.3) is 0 Å². The number of piperidine rings is 1. The van der Waals surface area contributed by atoms with Crippen molar-refractivity contribution in [1.82, 2.24) is 14.5 Å². The molecule has 1 amide bonds. The third-order valence-electron chi connectivity index (χ3n) is 5.80. The Labute approximate surface area is 165 Å². The van der Waals surface area contributed by atoms with Gasteiger partial charge in [0.15, 0.2) is 0 Å². The highest BCUT2D eigenvalue weighted by atomic mass is 32.1. The number of amides is 1. The van der Waals surface area contributed by atoms with E-state index in [0.717, 1.165) is 45.3 Å². The number of thiophene rings is 1. The molecule has 4 rings (SSSR count). The molecule has 0 radical (unpaired) electrons. The van der Waals surface area contributed by atoms with E-state index in [0.29, 0.717) is 5.92 Å². The van der Waals surface area contributed by atoms with Gasteiger partial charge in [-0.2, -0.15) is 11.3 Å². The molecule has 3 heterocycles. The summed E-state index contributed by atoms with van der Waals surface area (Å²) in [4.78, 5) is 19.6. The van der Waals surface area contributed by atoms with Crippen molar-refractivity contribution in [2.75, 3.05) is 13.1 Å². The third-order valence-corrected chi connectivity index (χ3v) is 6.53. The minimum absolute atomic E-state index is 0.0529. The Balaban J connectivity index is 1.35. The van der Waals surface area contributed by atoms with Crippen LogP contribution in [0.4, 0.5) is 0 Å². The minimum atomic E-state index is -0.0529. The van der Waals surface area contributed by atoms with Crippen molar-refractivity contribution < 1.29 is 4.79 Å². The normalized spacial score (nSPS) is 20.7. The number of allylic oxidation sites excluding steroid dienone is 2. The highest BCUT2D eigenvalue weighted by Gasteiger charge is 2.30. The molecular formula is C22H27N3OS. The van der Waals surface area contributed by atoms with Crippen LogP contribution in [0.15, 0.2) is 53.0 Å². The van der Waals surface area contributed by atoms with Crippen molar-refractivity contribution >= 4 is 17.2 Å². The minimum Gasteiger partial charge on any atom is -0.342 e. The molecule has 2 aliphatic rings. The Morgan fingerprint density at radius 3 is 2.93 bits per heavy atom. The summed E-state index contributed by atoms with van der Waals surface area (Å²) in [5.41, 5.74) is 2.58. The second kappa shape index (κ2) is 8.26. The van der Waals surface area contributed by atoms with Crippen LogP contribution in [0.3, 0.4) is 0 Å². The third kappa shape index (κ3) is 4.08. The van der Waals surface area contributed by atoms with Crippen LogP contribution in [0.25, 0.3) is 0 Å². The van der Waals surface area contributed by atoms with Crippen LogP contribution < -0.4 is 0 Å². The van der Waals surface area contributed by atoms with Gasteiger partial charge < -0.3 is 9.47 Å². The molecule has 27 heavy (non-hydrogen) atoms. The molecule has 2 aromatic rings. The van der Waals surface area contributed by atoms with Gasteiger partial charge in [0.1, 0.15) is 5.82 Å². The molecule has 0 saturated carbocycles. The summed E-state index contributed by atoms with van der Waals surface area (Å²) in [5, 5.41) is 4.35. The molecule has 0 bridgehead atoms. The molecule has 2 aromatic heterocycles. The van der Waals surface area contributed by atoms with E-state index in [9.17, 15) is 4.79 Å². The number of carbonyl (C=O) groups is 1. The van der Waals surface area contributed by atoms with Crippen molar-refractivity contribution in [3.05, 3.63) is 64.4 Å². The molecule has 1 unspecified atom stereocenters. The molecule has 1 fully saturated rings. The van der Waals surface area contributed by atoms with Gasteiger partial charge in [0.2, 0.25) is 5.91 Å². The van der Waals surface area contributed by atoms with Gasteiger partial charge in [-0.05, 0) is 55.0 Å². The first-order valence-corrected chi connectivity index (χ1v) is 10.8. The van der Waals surface area contributed by atoms with Gasteiger partial charge in [-0.1, -0.05) is 23.8 Å². The fourth-order valence-corrected chi connectivity index (χ4v) is 4.84. The average Bonchev–Trinajstić information content (AvgIpc) is 3.38. The van der Waals surface area contributed by atoms with Gasteiger partial charge in [-0.3, -0.25) is 4.79 Å². The van der Waals surface area contributed by atoms with E-state index in [1.807, 2.05) is 11.1 Å². The van der Waals surface area contributed by atoms with E-state index in [4.69, 9.17) is 0 Å². The highest BCUT2D eigenvalue weighted by Crippen LogP contribution is 2.29. The summed E-state index contributed by atoms with van der Waals surface area (Å²) in [6.07, 6.45) is 14.4. The maximum Gasteiger partial charge on any atom is 0.233 e. The number of aromatic nitrogens is 2. The van der Waals surface area contributed by atoms with Crippen molar-refractivity contribution in [2.45, 2.75) is 45.1 Å². The quantitative estimate of drug-likeness (QED) is 0.719. The monoisotopic (exact) mass is 381 g/mol. The van der Waals surface area contributed by atoms with Gasteiger partial charge in [0.05, 0.1) is 5.92 Å². The molecule has 1 saturated heterocycles. The van der Waals surface area contributed by atoms with Crippen molar-refractivity contribution in [1.29, 1.82) is 0 Å². The van der Waals surface area contributed by atoms with E-state index in [1.165, 1.54) is 17.0 Å². The summed E-state index contributed by atoms with van der Waals surface area (Å²) in [6.45, 7) is 4.71. The average molecular weight is 382 g/mol. The first kappa shape index (κ1) is 18.2. The predicted octanol–water partition coefficient (Wildman–Crippen LogP) is 4.42. The number of hydrogen-bond donors (Lipinski definition) is 0. The van der Waals surface area contributed by atoms with E-state index in [-0.39, 0.29) is 11.8 Å². The lowest BCUT2D eigenvalue weighted by Crippen LogP contribution is -2.41. The van der Waals surface area contributed by atoms with Crippen LogP contribution >= 0.6 is 11.3 Å². The molecule has 1 atom stereocenters. The Kier molecular flexibility index (Phi) is 5.58. The fourth-order valence-electron chi connectivity index (χ4n) is 4.13. The maximum absolute atomic E-state index is 12.9. The number of likely N-dealkylation sites (tertiary alicyclic amines) is 1. The topological polar surface area (TPSA) is 38.1 Å². The summed E-state index contributed by atoms with van der Waals surface area (Å²) >= 11 is 1.75. The van der Waals surface area contributed by atoms with Crippen LogP contribution in [0.5, 0.6) is 0 Å². The molecule has 4 nitrogen and oxygen atoms in total. The lowest BCUT2D eigenvalue weighted by Gasteiger charge is -2.34. The number of rotatable bonds is 5. The lowest BCUT2D eigenvalue weighted by molar-refractivity contribution is -0.134. The van der Waals surface area contributed by atoms with Gasteiger partial charge in [-0.25, -0.2) is 4.98 Å². The second-order valence-corrected chi connectivity index (χ2v) is 8.33. The van der Waals surface area contributed by atoms with Crippen LogP contribution in [-0.4, -0.2) is 33.4 Å². The van der Waals surface area contributed by atoms with Crippen LogP contribution in [-0.2, 0) is 17.8 Å². The smallest absolute Gasteiger partial charge is 0.233 e. The number of aryl methyl sites for hydroxylation is 2. The maximum atomic E-state index is 12.9. The first-order chi connectivity index (χ1) is 13.2. The Hall–Kier alpha value is -2.14. The second-order valence-electron chi connectivity index (χ2n) is 7.55. The molecule has 1 aliphatic heterocycles. The number of imidazole rings is 1. The van der Waals surface area contributed by atoms with E-state index < -0.39 is 0 Å². The zero-order valence-electron chi connectivity index (χ0n) is 15.9. The molecule has 142 valence electrons. The highest BCUT2D eigenvalue weighted by molar-refractivity contribution is 7.07. The molecule has 1 aliphatic carbocycles. The largest absolute Gasteiger partial charge is 0.342 e. The van der Waals surface area contributed by atoms with Crippen LogP contribution in [0, 0.1) is 5.92 Å². The number of nitrogens with zero attached hydrogens (tertiary/aromatic N) is 3. The molecule has 0 N–H and O–H groups in total. The summed E-state index contributed by atoms with van der Waals surface area (Å²) in [5.74, 6) is 1.85. The zero-order chi connectivity index (χ0) is 18.6. The first-order valence-electron chi connectivity index (χ1n) is 9.86. The summed E-state index contributed by atoms with van der Waals surface area (Å²) in [7, 11) is 0. The number of carbonyl (C=O) groups excluding carboxylic acids is 1. The molecule has 5 heteroatoms. The van der Waals surface area contributed by atoms with E-state index in [2.05, 4.69) is 57.7 Å². The van der Waals surface area contributed by atoms with Gasteiger partial charge in [0, 0.05) is 37.9 Å². The SMILES string of the molecule is CC1=CCC=CC1C(=O)N1CCC(c2nccn2CCc2ccsc2)CC1. The molecular weight excluding hydrogens is 354 g/mol. The fraction of sp³-hybridized carbons (Fsp3) is 0.455. The van der Waals surface area contributed by atoms with Gasteiger partial charge >= 0.3 is 0 Å². The van der Waals surface area contributed by atoms with Gasteiger partial charge in [-0.15, -0.1) is 0 Å². The Morgan fingerprint density at radius 1 is 1.33 bits per heavy atom. The molecule has 0 spiro atoms. The van der Waals surface area contributed by atoms with Crippen LogP contribution in [0.1, 0.15) is 43.5 Å². The Morgan fingerprint density at radius 2 is 2.19 bits per heavy atom. The Bertz CT molecular complexity index is 826. The standard InChI is InChI=1S/C22H27N3OS/c1-17-4-2-3-5-20(17)22(26)25-12-7-19(8-13-25)21-23-10-14-24(21)11-6-18-9-15-27-16-18/h3-5,9-10,14-16,19-20H,2,6-8,11-13H2,1H3.